The third-order valence-corrected chi connectivity index (χ3v) is 4.32. The number of benzene rings is 1. The van der Waals surface area contributed by atoms with Gasteiger partial charge in [-0.15, -0.1) is 0 Å². The number of nitrogens with zero attached hydrogens (tertiary/aromatic N) is 2. The summed E-state index contributed by atoms with van der Waals surface area (Å²) in [6.45, 7) is 3.50. The van der Waals surface area contributed by atoms with Crippen LogP contribution in [0.5, 0.6) is 0 Å². The van der Waals surface area contributed by atoms with Crippen LogP contribution in [0.2, 0.25) is 0 Å². The van der Waals surface area contributed by atoms with E-state index < -0.39 is 0 Å². The number of anilines is 2. The molecule has 104 valence electrons. The molecule has 3 nitrogen and oxygen atoms in total. The molecule has 0 amide bonds. The predicted octanol–water partition coefficient (Wildman–Crippen LogP) is 2.33. The standard InChI is InChI=1S/C16H25N3/c1-18(2)15-6-3-4-7-16(15)19-11-5-10-17-14(12-19)13-8-9-13/h3-4,6-7,13-14,17H,5,8-12H2,1-2H3. The van der Waals surface area contributed by atoms with Crippen LogP contribution in [-0.4, -0.2) is 39.8 Å². The predicted molar refractivity (Wildman–Crippen MR) is 82.1 cm³/mol. The van der Waals surface area contributed by atoms with Crippen molar-refractivity contribution in [1.29, 1.82) is 0 Å². The third kappa shape index (κ3) is 2.86. The first kappa shape index (κ1) is 12.8. The van der Waals surface area contributed by atoms with Crippen molar-refractivity contribution < 1.29 is 0 Å². The molecule has 2 aliphatic rings. The largest absolute Gasteiger partial charge is 0.376 e. The highest BCUT2D eigenvalue weighted by Gasteiger charge is 2.33. The summed E-state index contributed by atoms with van der Waals surface area (Å²) < 4.78 is 0. The second-order valence-corrected chi connectivity index (χ2v) is 6.08. The summed E-state index contributed by atoms with van der Waals surface area (Å²) in [6.07, 6.45) is 4.08. The van der Waals surface area contributed by atoms with E-state index >= 15 is 0 Å². The molecule has 1 aliphatic carbocycles. The van der Waals surface area contributed by atoms with Gasteiger partial charge in [-0.1, -0.05) is 12.1 Å². The van der Waals surface area contributed by atoms with E-state index in [0.717, 1.165) is 12.5 Å². The Balaban J connectivity index is 1.83. The SMILES string of the molecule is CN(C)c1ccccc1N1CCCNC(C2CC2)C1. The van der Waals surface area contributed by atoms with Gasteiger partial charge < -0.3 is 15.1 Å². The minimum Gasteiger partial charge on any atom is -0.376 e. The minimum atomic E-state index is 0.692. The van der Waals surface area contributed by atoms with Crippen molar-refractivity contribution in [3.8, 4) is 0 Å². The molecule has 0 aromatic heterocycles. The first-order chi connectivity index (χ1) is 9.25. The van der Waals surface area contributed by atoms with Gasteiger partial charge in [-0.05, 0) is 43.9 Å². The van der Waals surface area contributed by atoms with Crippen molar-refractivity contribution in [2.45, 2.75) is 25.3 Å². The van der Waals surface area contributed by atoms with Crippen LogP contribution in [0.3, 0.4) is 0 Å². The van der Waals surface area contributed by atoms with Crippen LogP contribution in [0.25, 0.3) is 0 Å². The zero-order valence-electron chi connectivity index (χ0n) is 12.1. The van der Waals surface area contributed by atoms with Crippen molar-refractivity contribution in [2.24, 2.45) is 5.92 Å². The average Bonchev–Trinajstić information content (AvgIpc) is 3.24. The molecular formula is C16H25N3. The zero-order valence-corrected chi connectivity index (χ0v) is 12.1. The summed E-state index contributed by atoms with van der Waals surface area (Å²) in [5, 5.41) is 3.74. The molecule has 1 aromatic rings. The summed E-state index contributed by atoms with van der Waals surface area (Å²) in [5.41, 5.74) is 2.72. The van der Waals surface area contributed by atoms with Crippen molar-refractivity contribution >= 4 is 11.4 Å². The molecule has 19 heavy (non-hydrogen) atoms. The van der Waals surface area contributed by atoms with Gasteiger partial charge in [-0.3, -0.25) is 0 Å². The fraction of sp³-hybridized carbons (Fsp3) is 0.625. The topological polar surface area (TPSA) is 18.5 Å². The molecule has 1 aromatic carbocycles. The van der Waals surface area contributed by atoms with Crippen LogP contribution in [0, 0.1) is 5.92 Å². The molecule has 0 radical (unpaired) electrons. The molecule has 3 rings (SSSR count). The molecule has 1 N–H and O–H groups in total. The highest BCUT2D eigenvalue weighted by Crippen LogP contribution is 2.35. The van der Waals surface area contributed by atoms with E-state index in [2.05, 4.69) is 53.5 Å². The van der Waals surface area contributed by atoms with Gasteiger partial charge in [-0.2, -0.15) is 0 Å². The lowest BCUT2D eigenvalue weighted by atomic mass is 10.1. The Bertz CT molecular complexity index is 426. The van der Waals surface area contributed by atoms with Crippen molar-refractivity contribution in [3.05, 3.63) is 24.3 Å². The van der Waals surface area contributed by atoms with E-state index in [1.807, 2.05) is 0 Å². The Hall–Kier alpha value is -1.22. The highest BCUT2D eigenvalue weighted by atomic mass is 15.2. The molecule has 3 heteroatoms. The summed E-state index contributed by atoms with van der Waals surface area (Å²) in [4.78, 5) is 4.80. The maximum absolute atomic E-state index is 3.74. The minimum absolute atomic E-state index is 0.692. The molecule has 1 heterocycles. The Kier molecular flexibility index (Phi) is 3.65. The van der Waals surface area contributed by atoms with Crippen LogP contribution in [0.4, 0.5) is 11.4 Å². The number of hydrogen-bond donors (Lipinski definition) is 1. The lowest BCUT2D eigenvalue weighted by Gasteiger charge is -2.30. The Labute approximate surface area is 116 Å². The van der Waals surface area contributed by atoms with Gasteiger partial charge in [0.15, 0.2) is 0 Å². The molecule has 1 unspecified atom stereocenters. The van der Waals surface area contributed by atoms with Gasteiger partial charge >= 0.3 is 0 Å². The molecule has 1 atom stereocenters. The van der Waals surface area contributed by atoms with Gasteiger partial charge in [0.25, 0.3) is 0 Å². The maximum atomic E-state index is 3.74. The van der Waals surface area contributed by atoms with Crippen LogP contribution in [0.15, 0.2) is 24.3 Å². The van der Waals surface area contributed by atoms with Gasteiger partial charge in [0.05, 0.1) is 11.4 Å². The van der Waals surface area contributed by atoms with Crippen LogP contribution in [0.1, 0.15) is 19.3 Å². The first-order valence-corrected chi connectivity index (χ1v) is 7.50. The molecule has 2 fully saturated rings. The quantitative estimate of drug-likeness (QED) is 0.899. The number of hydrogen-bond acceptors (Lipinski definition) is 3. The molecule has 0 bridgehead atoms. The smallest absolute Gasteiger partial charge is 0.0604 e. The molecule has 0 spiro atoms. The van der Waals surface area contributed by atoms with Gasteiger partial charge in [0, 0.05) is 33.2 Å². The summed E-state index contributed by atoms with van der Waals surface area (Å²) in [5.74, 6) is 0.923. The third-order valence-electron chi connectivity index (χ3n) is 4.32. The van der Waals surface area contributed by atoms with Crippen molar-refractivity contribution in [2.75, 3.05) is 43.5 Å². The zero-order chi connectivity index (χ0) is 13.2. The van der Waals surface area contributed by atoms with E-state index in [1.165, 1.54) is 43.7 Å². The normalized spacial score (nSPS) is 24.1. The van der Waals surface area contributed by atoms with E-state index in [0.29, 0.717) is 6.04 Å². The van der Waals surface area contributed by atoms with E-state index in [9.17, 15) is 0 Å². The number of rotatable bonds is 3. The van der Waals surface area contributed by atoms with Gasteiger partial charge in [0.2, 0.25) is 0 Å². The van der Waals surface area contributed by atoms with Crippen molar-refractivity contribution in [1.82, 2.24) is 5.32 Å². The van der Waals surface area contributed by atoms with Gasteiger partial charge in [0.1, 0.15) is 0 Å². The van der Waals surface area contributed by atoms with Crippen molar-refractivity contribution in [3.63, 3.8) is 0 Å². The average molecular weight is 259 g/mol. The number of nitrogens with one attached hydrogen (secondary N) is 1. The van der Waals surface area contributed by atoms with Crippen LogP contribution < -0.4 is 15.1 Å². The Morgan fingerprint density at radius 2 is 2.00 bits per heavy atom. The summed E-state index contributed by atoms with van der Waals surface area (Å²) in [7, 11) is 4.26. The van der Waals surface area contributed by atoms with E-state index in [-0.39, 0.29) is 0 Å². The van der Waals surface area contributed by atoms with E-state index in [1.54, 1.807) is 0 Å². The van der Waals surface area contributed by atoms with Gasteiger partial charge in [-0.25, -0.2) is 0 Å². The lowest BCUT2D eigenvalue weighted by Crippen LogP contribution is -2.39. The molecule has 1 saturated heterocycles. The van der Waals surface area contributed by atoms with Crippen LogP contribution in [-0.2, 0) is 0 Å². The fourth-order valence-electron chi connectivity index (χ4n) is 3.09. The maximum Gasteiger partial charge on any atom is 0.0604 e. The second-order valence-electron chi connectivity index (χ2n) is 6.08. The number of para-hydroxylation sites is 2. The fourth-order valence-corrected chi connectivity index (χ4v) is 3.09. The Morgan fingerprint density at radius 3 is 2.74 bits per heavy atom. The second kappa shape index (κ2) is 5.41. The lowest BCUT2D eigenvalue weighted by molar-refractivity contribution is 0.490. The molecular weight excluding hydrogens is 234 g/mol. The molecule has 1 aliphatic heterocycles. The first-order valence-electron chi connectivity index (χ1n) is 7.50. The summed E-state index contributed by atoms with van der Waals surface area (Å²) in [6, 6.07) is 9.47. The summed E-state index contributed by atoms with van der Waals surface area (Å²) >= 11 is 0. The monoisotopic (exact) mass is 259 g/mol. The molecule has 1 saturated carbocycles. The Morgan fingerprint density at radius 1 is 1.21 bits per heavy atom. The van der Waals surface area contributed by atoms with Crippen LogP contribution >= 0.6 is 0 Å². The highest BCUT2D eigenvalue weighted by molar-refractivity contribution is 5.70. The van der Waals surface area contributed by atoms with E-state index in [4.69, 9.17) is 0 Å².